The number of carbonyl (C=O) groups is 1. The molecule has 0 bridgehead atoms. The molecule has 0 atom stereocenters. The van der Waals surface area contributed by atoms with E-state index in [2.05, 4.69) is 54.7 Å². The number of amides is 1. The third-order valence-corrected chi connectivity index (χ3v) is 4.56. The number of hydrogen-bond donors (Lipinski definition) is 1. The summed E-state index contributed by atoms with van der Waals surface area (Å²) in [6, 6.07) is 20.7. The van der Waals surface area contributed by atoms with Crippen LogP contribution in [0, 0.1) is 13.8 Å². The van der Waals surface area contributed by atoms with Gasteiger partial charge in [-0.25, -0.2) is 0 Å². The van der Waals surface area contributed by atoms with Crippen LogP contribution in [0.3, 0.4) is 0 Å². The van der Waals surface area contributed by atoms with Gasteiger partial charge in [0, 0.05) is 12.1 Å². The lowest BCUT2D eigenvalue weighted by Crippen LogP contribution is -2.24. The molecule has 0 spiro atoms. The lowest BCUT2D eigenvalue weighted by Gasteiger charge is -2.09. The highest BCUT2D eigenvalue weighted by Crippen LogP contribution is 2.19. The fourth-order valence-corrected chi connectivity index (χ4v) is 2.98. The van der Waals surface area contributed by atoms with Crippen LogP contribution in [-0.4, -0.2) is 12.5 Å². The number of rotatable bonds is 5. The van der Waals surface area contributed by atoms with Crippen molar-refractivity contribution in [2.75, 3.05) is 6.54 Å². The van der Waals surface area contributed by atoms with Crippen LogP contribution in [-0.2, 0) is 6.42 Å². The Morgan fingerprint density at radius 2 is 1.71 bits per heavy atom. The molecular weight excluding hydrogens is 294 g/mol. The van der Waals surface area contributed by atoms with Crippen LogP contribution in [0.2, 0.25) is 0 Å². The standard InChI is InChI=1S/C22H23NO/c1-16-12-13-20(15-17(16)2)22(24)23-14-6-10-19-9-5-8-18-7-3-4-11-21(18)19/h3-5,7-9,11-13,15H,6,10,14H2,1-2H3,(H,23,24). The average Bonchev–Trinajstić information content (AvgIpc) is 2.61. The first-order valence-electron chi connectivity index (χ1n) is 8.47. The minimum atomic E-state index is 0.0102. The maximum absolute atomic E-state index is 12.2. The highest BCUT2D eigenvalue weighted by atomic mass is 16.1. The summed E-state index contributed by atoms with van der Waals surface area (Å²) >= 11 is 0. The number of benzene rings is 3. The van der Waals surface area contributed by atoms with E-state index in [9.17, 15) is 4.79 Å². The normalized spacial score (nSPS) is 10.8. The first-order valence-corrected chi connectivity index (χ1v) is 8.47. The summed E-state index contributed by atoms with van der Waals surface area (Å²) in [5, 5.41) is 5.60. The third-order valence-electron chi connectivity index (χ3n) is 4.56. The maximum atomic E-state index is 12.2. The SMILES string of the molecule is Cc1ccc(C(=O)NCCCc2cccc3ccccc23)cc1C. The number of carbonyl (C=O) groups excluding carboxylic acids is 1. The Morgan fingerprint density at radius 3 is 2.54 bits per heavy atom. The maximum Gasteiger partial charge on any atom is 0.251 e. The fourth-order valence-electron chi connectivity index (χ4n) is 2.98. The van der Waals surface area contributed by atoms with E-state index in [0.29, 0.717) is 6.54 Å². The average molecular weight is 317 g/mol. The van der Waals surface area contributed by atoms with Gasteiger partial charge in [-0.1, -0.05) is 48.5 Å². The van der Waals surface area contributed by atoms with E-state index >= 15 is 0 Å². The molecule has 1 amide bonds. The van der Waals surface area contributed by atoms with Crippen molar-refractivity contribution in [3.63, 3.8) is 0 Å². The second kappa shape index (κ2) is 7.31. The summed E-state index contributed by atoms with van der Waals surface area (Å²) in [7, 11) is 0. The van der Waals surface area contributed by atoms with Crippen LogP contribution in [0.4, 0.5) is 0 Å². The first kappa shape index (κ1) is 16.3. The Balaban J connectivity index is 1.56. The Hall–Kier alpha value is -2.61. The molecule has 0 saturated carbocycles. The second-order valence-corrected chi connectivity index (χ2v) is 6.30. The molecule has 3 aromatic carbocycles. The molecule has 24 heavy (non-hydrogen) atoms. The fraction of sp³-hybridized carbons (Fsp3) is 0.227. The molecule has 0 saturated heterocycles. The predicted octanol–water partition coefficient (Wildman–Crippen LogP) is 4.82. The molecule has 3 rings (SSSR count). The highest BCUT2D eigenvalue weighted by Gasteiger charge is 2.06. The van der Waals surface area contributed by atoms with E-state index in [-0.39, 0.29) is 5.91 Å². The van der Waals surface area contributed by atoms with E-state index in [1.165, 1.54) is 21.9 Å². The zero-order chi connectivity index (χ0) is 16.9. The van der Waals surface area contributed by atoms with Gasteiger partial charge in [0.1, 0.15) is 0 Å². The van der Waals surface area contributed by atoms with Crippen molar-refractivity contribution in [3.05, 3.63) is 82.9 Å². The summed E-state index contributed by atoms with van der Waals surface area (Å²) in [6.07, 6.45) is 1.90. The van der Waals surface area contributed by atoms with Crippen molar-refractivity contribution < 1.29 is 4.79 Å². The first-order chi connectivity index (χ1) is 11.6. The largest absolute Gasteiger partial charge is 0.352 e. The summed E-state index contributed by atoms with van der Waals surface area (Å²) in [6.45, 7) is 4.78. The zero-order valence-corrected chi connectivity index (χ0v) is 14.3. The van der Waals surface area contributed by atoms with Crippen molar-refractivity contribution in [2.45, 2.75) is 26.7 Å². The molecule has 0 radical (unpaired) electrons. The van der Waals surface area contributed by atoms with Crippen LogP contribution in [0.15, 0.2) is 60.7 Å². The van der Waals surface area contributed by atoms with Gasteiger partial charge in [0.2, 0.25) is 0 Å². The van der Waals surface area contributed by atoms with Crippen molar-refractivity contribution in [1.82, 2.24) is 5.32 Å². The minimum Gasteiger partial charge on any atom is -0.352 e. The highest BCUT2D eigenvalue weighted by molar-refractivity contribution is 5.94. The Bertz CT molecular complexity index is 861. The predicted molar refractivity (Wildman–Crippen MR) is 101 cm³/mol. The molecule has 0 heterocycles. The number of fused-ring (bicyclic) bond motifs is 1. The molecule has 0 aliphatic rings. The number of aryl methyl sites for hydroxylation is 3. The molecule has 1 N–H and O–H groups in total. The van der Waals surface area contributed by atoms with Crippen LogP contribution in [0.5, 0.6) is 0 Å². The molecule has 2 heteroatoms. The van der Waals surface area contributed by atoms with Crippen LogP contribution in [0.25, 0.3) is 10.8 Å². The molecule has 0 aliphatic carbocycles. The zero-order valence-electron chi connectivity index (χ0n) is 14.3. The lowest BCUT2D eigenvalue weighted by molar-refractivity contribution is 0.0953. The summed E-state index contributed by atoms with van der Waals surface area (Å²) < 4.78 is 0. The summed E-state index contributed by atoms with van der Waals surface area (Å²) in [5.41, 5.74) is 4.44. The molecule has 2 nitrogen and oxygen atoms in total. The molecule has 3 aromatic rings. The van der Waals surface area contributed by atoms with E-state index in [0.717, 1.165) is 24.0 Å². The monoisotopic (exact) mass is 317 g/mol. The Kier molecular flexibility index (Phi) is 4.95. The van der Waals surface area contributed by atoms with Gasteiger partial charge in [-0.15, -0.1) is 0 Å². The summed E-state index contributed by atoms with van der Waals surface area (Å²) in [5.74, 6) is 0.0102. The van der Waals surface area contributed by atoms with Crippen LogP contribution >= 0.6 is 0 Å². The van der Waals surface area contributed by atoms with E-state index < -0.39 is 0 Å². The van der Waals surface area contributed by atoms with Gasteiger partial charge in [0.05, 0.1) is 0 Å². The van der Waals surface area contributed by atoms with E-state index in [1.54, 1.807) is 0 Å². The van der Waals surface area contributed by atoms with Crippen LogP contribution < -0.4 is 5.32 Å². The third kappa shape index (κ3) is 3.65. The van der Waals surface area contributed by atoms with Crippen molar-refractivity contribution >= 4 is 16.7 Å². The van der Waals surface area contributed by atoms with Gasteiger partial charge in [0.25, 0.3) is 5.91 Å². The lowest BCUT2D eigenvalue weighted by atomic mass is 10.0. The van der Waals surface area contributed by atoms with Gasteiger partial charge in [-0.05, 0) is 66.3 Å². The van der Waals surface area contributed by atoms with Crippen molar-refractivity contribution in [2.24, 2.45) is 0 Å². The smallest absolute Gasteiger partial charge is 0.251 e. The number of hydrogen-bond acceptors (Lipinski definition) is 1. The molecular formula is C22H23NO. The molecule has 122 valence electrons. The van der Waals surface area contributed by atoms with Gasteiger partial charge < -0.3 is 5.32 Å². The van der Waals surface area contributed by atoms with Gasteiger partial charge in [0.15, 0.2) is 0 Å². The summed E-state index contributed by atoms with van der Waals surface area (Å²) in [4.78, 5) is 12.2. The quantitative estimate of drug-likeness (QED) is 0.672. The van der Waals surface area contributed by atoms with Crippen molar-refractivity contribution in [3.8, 4) is 0 Å². The second-order valence-electron chi connectivity index (χ2n) is 6.30. The molecule has 0 unspecified atom stereocenters. The van der Waals surface area contributed by atoms with E-state index in [1.807, 2.05) is 25.1 Å². The van der Waals surface area contributed by atoms with Gasteiger partial charge in [-0.3, -0.25) is 4.79 Å². The van der Waals surface area contributed by atoms with Gasteiger partial charge in [-0.2, -0.15) is 0 Å². The minimum absolute atomic E-state index is 0.0102. The molecule has 0 aromatic heterocycles. The van der Waals surface area contributed by atoms with E-state index in [4.69, 9.17) is 0 Å². The Labute approximate surface area is 143 Å². The topological polar surface area (TPSA) is 29.1 Å². The molecule has 0 fully saturated rings. The number of nitrogens with one attached hydrogen (secondary N) is 1. The Morgan fingerprint density at radius 1 is 0.917 bits per heavy atom. The van der Waals surface area contributed by atoms with Crippen LogP contribution in [0.1, 0.15) is 33.5 Å². The molecule has 0 aliphatic heterocycles. The van der Waals surface area contributed by atoms with Gasteiger partial charge >= 0.3 is 0 Å². The van der Waals surface area contributed by atoms with Crippen molar-refractivity contribution in [1.29, 1.82) is 0 Å².